The number of hydrogen-bond acceptors (Lipinski definition) is 5. The van der Waals surface area contributed by atoms with E-state index in [0.29, 0.717) is 0 Å². The lowest BCUT2D eigenvalue weighted by atomic mass is 10.7. The molecule has 0 fully saturated rings. The van der Waals surface area contributed by atoms with Gasteiger partial charge in [-0.15, -0.1) is 5.10 Å². The third-order valence-electron chi connectivity index (χ3n) is 1.36. The standard InChI is InChI=1S/C7H6ClN5O/c1-13-4-10-7(12-13)14-6-3-9-2-5(8)11-6/h2-4H,1H3. The van der Waals surface area contributed by atoms with Gasteiger partial charge in [0.2, 0.25) is 5.88 Å². The highest BCUT2D eigenvalue weighted by molar-refractivity contribution is 6.29. The molecule has 0 N–H and O–H groups in total. The van der Waals surface area contributed by atoms with E-state index in [9.17, 15) is 0 Å². The second-order valence-corrected chi connectivity index (χ2v) is 2.87. The van der Waals surface area contributed by atoms with Gasteiger partial charge in [0.1, 0.15) is 6.33 Å². The molecule has 14 heavy (non-hydrogen) atoms. The lowest BCUT2D eigenvalue weighted by Gasteiger charge is -1.97. The first-order valence-electron chi connectivity index (χ1n) is 3.75. The Morgan fingerprint density at radius 2 is 2.29 bits per heavy atom. The quantitative estimate of drug-likeness (QED) is 0.743. The molecule has 7 heteroatoms. The van der Waals surface area contributed by atoms with E-state index in [1.54, 1.807) is 7.05 Å². The van der Waals surface area contributed by atoms with Crippen molar-refractivity contribution in [3.8, 4) is 11.9 Å². The highest BCUT2D eigenvalue weighted by atomic mass is 35.5. The smallest absolute Gasteiger partial charge is 0.342 e. The van der Waals surface area contributed by atoms with Crippen LogP contribution in [0.2, 0.25) is 5.15 Å². The molecule has 6 nitrogen and oxygen atoms in total. The van der Waals surface area contributed by atoms with Gasteiger partial charge < -0.3 is 4.74 Å². The molecule has 0 aliphatic carbocycles. The van der Waals surface area contributed by atoms with Gasteiger partial charge in [0, 0.05) is 7.05 Å². The third kappa shape index (κ3) is 1.97. The summed E-state index contributed by atoms with van der Waals surface area (Å²) in [4.78, 5) is 11.5. The number of aryl methyl sites for hydroxylation is 1. The number of aromatic nitrogens is 5. The highest BCUT2D eigenvalue weighted by Crippen LogP contribution is 2.14. The monoisotopic (exact) mass is 211 g/mol. The summed E-state index contributed by atoms with van der Waals surface area (Å²) in [6.07, 6.45) is 4.37. The fraction of sp³-hybridized carbons (Fsp3) is 0.143. The predicted molar refractivity (Wildman–Crippen MR) is 48.1 cm³/mol. The molecule has 0 amide bonds. The Morgan fingerprint density at radius 3 is 2.93 bits per heavy atom. The van der Waals surface area contributed by atoms with E-state index in [1.807, 2.05) is 0 Å². The maximum absolute atomic E-state index is 5.62. The van der Waals surface area contributed by atoms with E-state index in [-0.39, 0.29) is 17.0 Å². The number of rotatable bonds is 2. The van der Waals surface area contributed by atoms with Crippen molar-refractivity contribution >= 4 is 11.6 Å². The maximum Gasteiger partial charge on any atom is 0.342 e. The molecular formula is C7H6ClN5O. The van der Waals surface area contributed by atoms with Gasteiger partial charge in [-0.25, -0.2) is 0 Å². The lowest BCUT2D eigenvalue weighted by Crippen LogP contribution is -1.92. The van der Waals surface area contributed by atoms with Gasteiger partial charge in [-0.2, -0.15) is 9.97 Å². The summed E-state index contributed by atoms with van der Waals surface area (Å²) in [6, 6.07) is 0.212. The lowest BCUT2D eigenvalue weighted by molar-refractivity contribution is 0.420. The van der Waals surface area contributed by atoms with Crippen molar-refractivity contribution in [2.24, 2.45) is 7.05 Å². The third-order valence-corrected chi connectivity index (χ3v) is 1.54. The minimum absolute atomic E-state index is 0.212. The number of ether oxygens (including phenoxy) is 1. The average molecular weight is 212 g/mol. The molecule has 0 aromatic carbocycles. The van der Waals surface area contributed by atoms with Gasteiger partial charge in [0.05, 0.1) is 12.4 Å². The van der Waals surface area contributed by atoms with E-state index in [4.69, 9.17) is 16.3 Å². The van der Waals surface area contributed by atoms with Gasteiger partial charge >= 0.3 is 6.01 Å². The van der Waals surface area contributed by atoms with Crippen LogP contribution in [0.3, 0.4) is 0 Å². The topological polar surface area (TPSA) is 65.7 Å². The summed E-state index contributed by atoms with van der Waals surface area (Å²) in [5.74, 6) is 0.267. The van der Waals surface area contributed by atoms with Gasteiger partial charge in [-0.1, -0.05) is 11.6 Å². The van der Waals surface area contributed by atoms with Crippen molar-refractivity contribution in [2.45, 2.75) is 0 Å². The SMILES string of the molecule is Cn1cnc(Oc2cncc(Cl)n2)n1. The Balaban J connectivity index is 2.18. The van der Waals surface area contributed by atoms with Gasteiger partial charge in [0.25, 0.3) is 0 Å². The van der Waals surface area contributed by atoms with Crippen LogP contribution in [0.5, 0.6) is 11.9 Å². The first-order valence-corrected chi connectivity index (χ1v) is 4.13. The molecule has 72 valence electrons. The van der Waals surface area contributed by atoms with Crippen molar-refractivity contribution in [1.29, 1.82) is 0 Å². The van der Waals surface area contributed by atoms with Crippen molar-refractivity contribution < 1.29 is 4.74 Å². The zero-order valence-electron chi connectivity index (χ0n) is 7.25. The van der Waals surface area contributed by atoms with E-state index < -0.39 is 0 Å². The van der Waals surface area contributed by atoms with Crippen LogP contribution in [0.15, 0.2) is 18.7 Å². The molecule has 0 aliphatic rings. The summed E-state index contributed by atoms with van der Waals surface area (Å²) in [6.45, 7) is 0. The van der Waals surface area contributed by atoms with Crippen molar-refractivity contribution in [1.82, 2.24) is 24.7 Å². The van der Waals surface area contributed by atoms with E-state index >= 15 is 0 Å². The van der Waals surface area contributed by atoms with Gasteiger partial charge in [0.15, 0.2) is 5.15 Å². The van der Waals surface area contributed by atoms with Crippen LogP contribution in [0.4, 0.5) is 0 Å². The summed E-state index contributed by atoms with van der Waals surface area (Å²) in [7, 11) is 1.74. The largest absolute Gasteiger partial charge is 0.402 e. The Labute approximate surface area is 84.5 Å². The molecule has 0 atom stereocenters. The molecule has 0 bridgehead atoms. The van der Waals surface area contributed by atoms with Gasteiger partial charge in [-0.3, -0.25) is 9.67 Å². The zero-order valence-corrected chi connectivity index (χ0v) is 8.01. The number of halogens is 1. The molecule has 0 unspecified atom stereocenters. The molecule has 0 aliphatic heterocycles. The Hall–Kier alpha value is -1.69. The van der Waals surface area contributed by atoms with Crippen molar-refractivity contribution in [3.05, 3.63) is 23.9 Å². The first kappa shape index (κ1) is 8.89. The molecule has 0 spiro atoms. The number of nitrogens with zero attached hydrogens (tertiary/aromatic N) is 5. The van der Waals surface area contributed by atoms with Crippen LogP contribution >= 0.6 is 11.6 Å². The Bertz CT molecular complexity index is 443. The van der Waals surface area contributed by atoms with E-state index in [2.05, 4.69) is 20.1 Å². The minimum atomic E-state index is 0.212. The zero-order chi connectivity index (χ0) is 9.97. The van der Waals surface area contributed by atoms with Crippen LogP contribution in [-0.4, -0.2) is 24.7 Å². The van der Waals surface area contributed by atoms with Crippen LogP contribution in [0, 0.1) is 0 Å². The number of hydrogen-bond donors (Lipinski definition) is 0. The molecule has 0 saturated heterocycles. The minimum Gasteiger partial charge on any atom is -0.402 e. The van der Waals surface area contributed by atoms with Crippen LogP contribution in [0.1, 0.15) is 0 Å². The van der Waals surface area contributed by atoms with Gasteiger partial charge in [-0.05, 0) is 0 Å². The van der Waals surface area contributed by atoms with E-state index in [0.717, 1.165) is 0 Å². The summed E-state index contributed by atoms with van der Waals surface area (Å²) >= 11 is 5.62. The van der Waals surface area contributed by atoms with Crippen LogP contribution in [-0.2, 0) is 7.05 Å². The predicted octanol–water partition coefficient (Wildman–Crippen LogP) is 1.05. The summed E-state index contributed by atoms with van der Waals surface area (Å²) in [5, 5.41) is 4.17. The summed E-state index contributed by atoms with van der Waals surface area (Å²) < 4.78 is 6.70. The Morgan fingerprint density at radius 1 is 1.43 bits per heavy atom. The fourth-order valence-electron chi connectivity index (χ4n) is 0.835. The van der Waals surface area contributed by atoms with E-state index in [1.165, 1.54) is 23.4 Å². The highest BCUT2D eigenvalue weighted by Gasteiger charge is 2.03. The second kappa shape index (κ2) is 3.59. The summed E-state index contributed by atoms with van der Waals surface area (Å²) in [5.41, 5.74) is 0. The van der Waals surface area contributed by atoms with Crippen molar-refractivity contribution in [2.75, 3.05) is 0 Å². The van der Waals surface area contributed by atoms with Crippen LogP contribution in [0.25, 0.3) is 0 Å². The molecule has 2 rings (SSSR count). The second-order valence-electron chi connectivity index (χ2n) is 2.48. The molecular weight excluding hydrogens is 206 g/mol. The molecule has 0 radical (unpaired) electrons. The average Bonchev–Trinajstić information content (AvgIpc) is 2.51. The molecule has 2 heterocycles. The first-order chi connectivity index (χ1) is 6.74. The Kier molecular flexibility index (Phi) is 2.28. The maximum atomic E-state index is 5.62. The molecule has 2 aromatic rings. The molecule has 2 aromatic heterocycles. The van der Waals surface area contributed by atoms with Crippen LogP contribution < -0.4 is 4.74 Å². The molecule has 0 saturated carbocycles. The fourth-order valence-corrected chi connectivity index (χ4v) is 0.974. The normalized spacial score (nSPS) is 10.1. The van der Waals surface area contributed by atoms with Crippen molar-refractivity contribution in [3.63, 3.8) is 0 Å².